The van der Waals surface area contributed by atoms with Crippen molar-refractivity contribution in [1.29, 1.82) is 0 Å². The first-order valence-electron chi connectivity index (χ1n) is 10.4. The Morgan fingerprint density at radius 1 is 1.03 bits per heavy atom. The molecule has 4 atom stereocenters. The number of halogens is 3. The summed E-state index contributed by atoms with van der Waals surface area (Å²) in [6.45, 7) is -0.473. The Morgan fingerprint density at radius 2 is 1.76 bits per heavy atom. The molecule has 2 aromatic heterocycles. The molecule has 1 saturated heterocycles. The maximum Gasteiger partial charge on any atom is 0.194 e. The first-order valence-corrected chi connectivity index (χ1v) is 10.4. The van der Waals surface area contributed by atoms with Gasteiger partial charge in [0.05, 0.1) is 30.7 Å². The van der Waals surface area contributed by atoms with Gasteiger partial charge in [-0.2, -0.15) is 0 Å². The van der Waals surface area contributed by atoms with E-state index in [2.05, 4.69) is 20.6 Å². The molecule has 1 fully saturated rings. The second-order valence-corrected chi connectivity index (χ2v) is 7.87. The second kappa shape index (κ2) is 8.97. The van der Waals surface area contributed by atoms with Crippen LogP contribution in [-0.4, -0.2) is 59.0 Å². The van der Waals surface area contributed by atoms with Crippen molar-refractivity contribution in [1.82, 2.24) is 30.0 Å². The van der Waals surface area contributed by atoms with E-state index < -0.39 is 48.5 Å². The molecule has 0 amide bonds. The maximum absolute atomic E-state index is 13.7. The standard InChI is InChI=1S/C22H19F3N6O3/c23-14-6-13(7-15(24)21(14)25)16-10-30(29-27-16)17-8-20(34-19(11-32)22(17)33)31-18(9-26-28-31)12-4-2-1-3-5-12/h1-7,9-10,17,19-20,22,32-33H,8,11H2. The van der Waals surface area contributed by atoms with E-state index in [1.54, 1.807) is 10.9 Å². The number of aromatic nitrogens is 6. The van der Waals surface area contributed by atoms with Crippen LogP contribution >= 0.6 is 0 Å². The van der Waals surface area contributed by atoms with Gasteiger partial charge >= 0.3 is 0 Å². The van der Waals surface area contributed by atoms with Gasteiger partial charge in [0, 0.05) is 17.5 Å². The minimum absolute atomic E-state index is 0.0119. The number of hydrogen-bond donors (Lipinski definition) is 2. The van der Waals surface area contributed by atoms with Crippen LogP contribution in [-0.2, 0) is 4.74 Å². The number of benzene rings is 2. The van der Waals surface area contributed by atoms with Gasteiger partial charge in [0.15, 0.2) is 23.7 Å². The van der Waals surface area contributed by atoms with Gasteiger partial charge in [0.1, 0.15) is 17.9 Å². The van der Waals surface area contributed by atoms with Gasteiger partial charge in [-0.05, 0) is 12.1 Å². The summed E-state index contributed by atoms with van der Waals surface area (Å²) in [6, 6.07) is 10.3. The van der Waals surface area contributed by atoms with E-state index in [0.29, 0.717) is 5.69 Å². The summed E-state index contributed by atoms with van der Waals surface area (Å²) in [6.07, 6.45) is 0.298. The van der Waals surface area contributed by atoms with E-state index in [1.165, 1.54) is 10.9 Å². The van der Waals surface area contributed by atoms with Crippen molar-refractivity contribution in [2.24, 2.45) is 0 Å². The molecule has 176 valence electrons. The third-order valence-corrected chi connectivity index (χ3v) is 5.78. The van der Waals surface area contributed by atoms with Crippen LogP contribution in [0, 0.1) is 17.5 Å². The van der Waals surface area contributed by atoms with Gasteiger partial charge < -0.3 is 14.9 Å². The molecule has 0 radical (unpaired) electrons. The summed E-state index contributed by atoms with van der Waals surface area (Å²) >= 11 is 0. The summed E-state index contributed by atoms with van der Waals surface area (Å²) in [4.78, 5) is 0. The minimum atomic E-state index is -1.58. The molecule has 0 saturated carbocycles. The van der Waals surface area contributed by atoms with E-state index in [0.717, 1.165) is 17.7 Å². The van der Waals surface area contributed by atoms with E-state index in [-0.39, 0.29) is 17.7 Å². The lowest BCUT2D eigenvalue weighted by Crippen LogP contribution is -2.46. The predicted octanol–water partition coefficient (Wildman–Crippen LogP) is 2.50. The Kier molecular flexibility index (Phi) is 5.86. The molecule has 12 heteroatoms. The topological polar surface area (TPSA) is 111 Å². The zero-order valence-electron chi connectivity index (χ0n) is 17.5. The smallest absolute Gasteiger partial charge is 0.194 e. The van der Waals surface area contributed by atoms with Crippen molar-refractivity contribution in [3.05, 3.63) is 72.3 Å². The van der Waals surface area contributed by atoms with Crippen molar-refractivity contribution < 1.29 is 28.1 Å². The molecule has 1 aliphatic rings. The fourth-order valence-corrected chi connectivity index (χ4v) is 4.05. The van der Waals surface area contributed by atoms with Crippen LogP contribution in [0.25, 0.3) is 22.5 Å². The van der Waals surface area contributed by atoms with Crippen molar-refractivity contribution >= 4 is 0 Å². The number of aliphatic hydroxyl groups excluding tert-OH is 2. The van der Waals surface area contributed by atoms with E-state index in [4.69, 9.17) is 4.74 Å². The Hall–Kier alpha value is -3.61. The molecule has 5 rings (SSSR count). The van der Waals surface area contributed by atoms with Crippen LogP contribution < -0.4 is 0 Å². The normalized spacial score (nSPS) is 22.7. The summed E-state index contributed by atoms with van der Waals surface area (Å²) in [5, 5.41) is 36.6. The minimum Gasteiger partial charge on any atom is -0.394 e. The lowest BCUT2D eigenvalue weighted by atomic mass is 9.98. The highest BCUT2D eigenvalue weighted by Crippen LogP contribution is 2.36. The van der Waals surface area contributed by atoms with Gasteiger partial charge in [-0.1, -0.05) is 40.8 Å². The number of aliphatic hydroxyl groups is 2. The van der Waals surface area contributed by atoms with Gasteiger partial charge in [-0.3, -0.25) is 0 Å². The summed E-state index contributed by atoms with van der Waals surface area (Å²) in [7, 11) is 0. The monoisotopic (exact) mass is 472 g/mol. The number of nitrogens with zero attached hydrogens (tertiary/aromatic N) is 6. The molecule has 4 unspecified atom stereocenters. The molecule has 34 heavy (non-hydrogen) atoms. The zero-order valence-corrected chi connectivity index (χ0v) is 17.5. The Morgan fingerprint density at radius 3 is 2.47 bits per heavy atom. The fraction of sp³-hybridized carbons (Fsp3) is 0.273. The van der Waals surface area contributed by atoms with Crippen LogP contribution in [0.4, 0.5) is 13.2 Å². The van der Waals surface area contributed by atoms with Crippen molar-refractivity contribution in [2.75, 3.05) is 6.61 Å². The Labute approximate surface area is 191 Å². The van der Waals surface area contributed by atoms with E-state index in [9.17, 15) is 23.4 Å². The van der Waals surface area contributed by atoms with Crippen molar-refractivity contribution in [3.63, 3.8) is 0 Å². The quantitative estimate of drug-likeness (QED) is 0.430. The number of rotatable bonds is 5. The molecular weight excluding hydrogens is 453 g/mol. The SMILES string of the molecule is OCC1OC(n2nncc2-c2ccccc2)CC(n2cc(-c3cc(F)c(F)c(F)c3)nn2)C1O. The van der Waals surface area contributed by atoms with E-state index in [1.807, 2.05) is 30.3 Å². The van der Waals surface area contributed by atoms with Gasteiger partial charge in [0.2, 0.25) is 0 Å². The van der Waals surface area contributed by atoms with Gasteiger partial charge in [-0.15, -0.1) is 10.2 Å². The Bertz CT molecular complexity index is 1280. The number of hydrogen-bond acceptors (Lipinski definition) is 7. The highest BCUT2D eigenvalue weighted by Gasteiger charge is 2.41. The lowest BCUT2D eigenvalue weighted by Gasteiger charge is -2.38. The van der Waals surface area contributed by atoms with Crippen molar-refractivity contribution in [3.8, 4) is 22.5 Å². The van der Waals surface area contributed by atoms with Crippen LogP contribution in [0.5, 0.6) is 0 Å². The molecule has 1 aliphatic heterocycles. The highest BCUT2D eigenvalue weighted by atomic mass is 19.2. The fourth-order valence-electron chi connectivity index (χ4n) is 4.05. The van der Waals surface area contributed by atoms with Crippen LogP contribution in [0.1, 0.15) is 18.7 Å². The molecule has 4 aromatic rings. The third-order valence-electron chi connectivity index (χ3n) is 5.78. The maximum atomic E-state index is 13.7. The zero-order chi connectivity index (χ0) is 23.8. The van der Waals surface area contributed by atoms with Gasteiger partial charge in [0.25, 0.3) is 0 Å². The van der Waals surface area contributed by atoms with Gasteiger partial charge in [-0.25, -0.2) is 22.5 Å². The first kappa shape index (κ1) is 22.2. The van der Waals surface area contributed by atoms with E-state index >= 15 is 0 Å². The molecule has 9 nitrogen and oxygen atoms in total. The summed E-state index contributed by atoms with van der Waals surface area (Å²) in [5.41, 5.74) is 1.60. The first-order chi connectivity index (χ1) is 16.5. The third kappa shape index (κ3) is 3.95. The summed E-state index contributed by atoms with van der Waals surface area (Å²) in [5.74, 6) is -4.28. The molecule has 2 N–H and O–H groups in total. The molecule has 2 aromatic carbocycles. The molecule has 3 heterocycles. The number of ether oxygens (including phenoxy) is 1. The van der Waals surface area contributed by atoms with Crippen LogP contribution in [0.3, 0.4) is 0 Å². The predicted molar refractivity (Wildman–Crippen MR) is 111 cm³/mol. The van der Waals surface area contributed by atoms with Crippen molar-refractivity contribution in [2.45, 2.75) is 30.9 Å². The highest BCUT2D eigenvalue weighted by molar-refractivity contribution is 5.58. The Balaban J connectivity index is 1.47. The average Bonchev–Trinajstić information content (AvgIpc) is 3.53. The van der Waals surface area contributed by atoms with Crippen LogP contribution in [0.2, 0.25) is 0 Å². The largest absolute Gasteiger partial charge is 0.394 e. The molecule has 0 aliphatic carbocycles. The second-order valence-electron chi connectivity index (χ2n) is 7.87. The molecule has 0 bridgehead atoms. The van der Waals surface area contributed by atoms with Crippen LogP contribution in [0.15, 0.2) is 54.9 Å². The molecular formula is C22H19F3N6O3. The summed E-state index contributed by atoms with van der Waals surface area (Å²) < 4.78 is 49.4. The molecule has 0 spiro atoms. The lowest BCUT2D eigenvalue weighted by molar-refractivity contribution is -0.183. The average molecular weight is 472 g/mol.